The average molecular weight is 299 g/mol. The number of hydrogen-bond acceptors (Lipinski definition) is 2. The van der Waals surface area contributed by atoms with Crippen LogP contribution in [0.3, 0.4) is 0 Å². The van der Waals surface area contributed by atoms with E-state index in [2.05, 4.69) is 36.8 Å². The first-order valence-electron chi connectivity index (χ1n) is 2.63. The Bertz CT molecular complexity index is 303. The van der Waals surface area contributed by atoms with Gasteiger partial charge in [0.2, 0.25) is 0 Å². The van der Waals surface area contributed by atoms with E-state index in [4.69, 9.17) is 11.6 Å². The Morgan fingerprint density at radius 1 is 1.45 bits per heavy atom. The van der Waals surface area contributed by atoms with Gasteiger partial charge < -0.3 is 0 Å². The zero-order valence-corrected chi connectivity index (χ0v) is 9.07. The van der Waals surface area contributed by atoms with Crippen molar-refractivity contribution in [2.75, 3.05) is 0 Å². The van der Waals surface area contributed by atoms with Crippen LogP contribution in [-0.4, -0.2) is 10.2 Å². The summed E-state index contributed by atoms with van der Waals surface area (Å²) in [5.74, 6) is 0. The highest BCUT2D eigenvalue weighted by Gasteiger charge is 2.05. The summed E-state index contributed by atoms with van der Waals surface area (Å²) >= 11 is 11.6. The molecular formula is C6H2Br2ClNO. The smallest absolute Gasteiger partial charge is 0.270 e. The molecule has 0 aliphatic rings. The van der Waals surface area contributed by atoms with Gasteiger partial charge in [-0.15, -0.1) is 0 Å². The molecule has 1 heterocycles. The first-order valence-corrected chi connectivity index (χ1v) is 4.59. The monoisotopic (exact) mass is 297 g/mol. The lowest BCUT2D eigenvalue weighted by Crippen LogP contribution is -1.93. The number of rotatable bonds is 1. The maximum Gasteiger partial charge on any atom is 0.270 e. The van der Waals surface area contributed by atoms with E-state index in [1.807, 2.05) is 0 Å². The van der Waals surface area contributed by atoms with Crippen molar-refractivity contribution in [3.63, 3.8) is 0 Å². The third kappa shape index (κ3) is 2.25. The van der Waals surface area contributed by atoms with Gasteiger partial charge >= 0.3 is 0 Å². The van der Waals surface area contributed by atoms with E-state index in [0.29, 0.717) is 4.60 Å². The molecule has 0 unspecified atom stereocenters. The summed E-state index contributed by atoms with van der Waals surface area (Å²) in [5, 5.41) is -0.557. The van der Waals surface area contributed by atoms with E-state index in [-0.39, 0.29) is 5.69 Å². The lowest BCUT2D eigenvalue weighted by molar-refractivity contribution is 0.107. The molecule has 58 valence electrons. The number of carbonyl (C=O) groups excluding carboxylic acids is 1. The molecule has 0 saturated heterocycles. The Hall–Kier alpha value is 0.0700. The molecule has 0 radical (unpaired) electrons. The molecule has 0 aliphatic carbocycles. The Balaban J connectivity index is 3.15. The molecule has 0 amide bonds. The second-order valence-corrected chi connectivity index (χ2v) is 3.69. The summed E-state index contributed by atoms with van der Waals surface area (Å²) in [5.41, 5.74) is 0.238. The molecule has 1 rings (SSSR count). The second kappa shape index (κ2) is 3.65. The summed E-state index contributed by atoms with van der Waals surface area (Å²) in [6.45, 7) is 0. The molecule has 0 fully saturated rings. The topological polar surface area (TPSA) is 30.0 Å². The molecule has 11 heavy (non-hydrogen) atoms. The molecular weight excluding hydrogens is 297 g/mol. The highest BCUT2D eigenvalue weighted by atomic mass is 79.9. The molecule has 0 atom stereocenters. The van der Waals surface area contributed by atoms with E-state index in [1.165, 1.54) is 0 Å². The Morgan fingerprint density at radius 2 is 2.09 bits per heavy atom. The molecule has 0 saturated carbocycles. The Morgan fingerprint density at radius 3 is 2.55 bits per heavy atom. The average Bonchev–Trinajstić information content (AvgIpc) is 1.94. The van der Waals surface area contributed by atoms with Crippen molar-refractivity contribution in [1.82, 2.24) is 4.98 Å². The fourth-order valence-corrected chi connectivity index (χ4v) is 1.18. The van der Waals surface area contributed by atoms with Crippen molar-refractivity contribution in [2.45, 2.75) is 0 Å². The summed E-state index contributed by atoms with van der Waals surface area (Å²) < 4.78 is 1.36. The lowest BCUT2D eigenvalue weighted by atomic mass is 10.4. The quantitative estimate of drug-likeness (QED) is 0.589. The number of aromatic nitrogens is 1. The molecule has 5 heteroatoms. The minimum Gasteiger partial charge on any atom is -0.274 e. The molecule has 0 aliphatic heterocycles. The minimum absolute atomic E-state index is 0.238. The van der Waals surface area contributed by atoms with E-state index in [0.717, 1.165) is 4.47 Å². The third-order valence-corrected chi connectivity index (χ3v) is 2.97. The van der Waals surface area contributed by atoms with E-state index < -0.39 is 5.24 Å². The first-order chi connectivity index (χ1) is 5.11. The van der Waals surface area contributed by atoms with Crippen molar-refractivity contribution >= 4 is 48.7 Å². The van der Waals surface area contributed by atoms with Gasteiger partial charge in [0.1, 0.15) is 10.3 Å². The summed E-state index contributed by atoms with van der Waals surface area (Å²) in [6, 6.07) is 3.25. The van der Waals surface area contributed by atoms with Crippen LogP contribution in [-0.2, 0) is 0 Å². The van der Waals surface area contributed by atoms with Gasteiger partial charge in [-0.05, 0) is 55.6 Å². The van der Waals surface area contributed by atoms with Gasteiger partial charge in [0.05, 0.1) is 4.47 Å². The highest BCUT2D eigenvalue weighted by Crippen LogP contribution is 2.20. The minimum atomic E-state index is -0.557. The van der Waals surface area contributed by atoms with Gasteiger partial charge in [0.15, 0.2) is 0 Å². The van der Waals surface area contributed by atoms with Gasteiger partial charge in [-0.3, -0.25) is 4.79 Å². The van der Waals surface area contributed by atoms with Crippen LogP contribution in [0.15, 0.2) is 21.2 Å². The zero-order valence-electron chi connectivity index (χ0n) is 5.14. The van der Waals surface area contributed by atoms with Crippen molar-refractivity contribution in [3.8, 4) is 0 Å². The number of nitrogens with zero attached hydrogens (tertiary/aromatic N) is 1. The molecule has 0 spiro atoms. The fourth-order valence-electron chi connectivity index (χ4n) is 0.527. The normalized spacial score (nSPS) is 9.73. The van der Waals surface area contributed by atoms with Crippen LogP contribution < -0.4 is 0 Å². The van der Waals surface area contributed by atoms with Crippen LogP contribution in [0.5, 0.6) is 0 Å². The van der Waals surface area contributed by atoms with Crippen LogP contribution in [0.1, 0.15) is 10.5 Å². The number of pyridine rings is 1. The summed E-state index contributed by atoms with van der Waals surface area (Å²) in [4.78, 5) is 14.4. The van der Waals surface area contributed by atoms with E-state index in [1.54, 1.807) is 12.1 Å². The van der Waals surface area contributed by atoms with Crippen molar-refractivity contribution in [1.29, 1.82) is 0 Å². The standard InChI is InChI=1S/C6H2Br2ClNO/c7-3-1-2-4(6(9)11)10-5(3)8/h1-2H. The third-order valence-electron chi connectivity index (χ3n) is 1.00. The van der Waals surface area contributed by atoms with Gasteiger partial charge in [0.25, 0.3) is 5.24 Å². The van der Waals surface area contributed by atoms with Gasteiger partial charge in [-0.25, -0.2) is 4.98 Å². The summed E-state index contributed by atoms with van der Waals surface area (Å²) in [7, 11) is 0. The predicted octanol–water partition coefficient (Wildman–Crippen LogP) is 2.99. The zero-order chi connectivity index (χ0) is 8.43. The van der Waals surface area contributed by atoms with Crippen LogP contribution in [0, 0.1) is 0 Å². The lowest BCUT2D eigenvalue weighted by Gasteiger charge is -1.95. The molecule has 2 nitrogen and oxygen atoms in total. The number of halogens is 3. The molecule has 0 bridgehead atoms. The van der Waals surface area contributed by atoms with Crippen molar-refractivity contribution in [3.05, 3.63) is 26.9 Å². The predicted molar refractivity (Wildman–Crippen MR) is 49.8 cm³/mol. The van der Waals surface area contributed by atoms with Crippen LogP contribution in [0.4, 0.5) is 0 Å². The maximum atomic E-state index is 10.6. The highest BCUT2D eigenvalue weighted by molar-refractivity contribution is 9.13. The van der Waals surface area contributed by atoms with E-state index >= 15 is 0 Å². The van der Waals surface area contributed by atoms with Gasteiger partial charge in [-0.1, -0.05) is 0 Å². The first kappa shape index (κ1) is 9.16. The van der Waals surface area contributed by atoms with Crippen LogP contribution in [0.2, 0.25) is 0 Å². The van der Waals surface area contributed by atoms with Crippen molar-refractivity contribution < 1.29 is 4.79 Å². The van der Waals surface area contributed by atoms with Gasteiger partial charge in [-0.2, -0.15) is 0 Å². The molecule has 0 N–H and O–H groups in total. The van der Waals surface area contributed by atoms with Crippen LogP contribution >= 0.6 is 43.5 Å². The SMILES string of the molecule is O=C(Cl)c1ccc(Br)c(Br)n1. The number of hydrogen-bond donors (Lipinski definition) is 0. The molecule has 0 aromatic carbocycles. The van der Waals surface area contributed by atoms with Crippen LogP contribution in [0.25, 0.3) is 0 Å². The molecule has 1 aromatic heterocycles. The second-order valence-electron chi connectivity index (χ2n) is 1.74. The van der Waals surface area contributed by atoms with Gasteiger partial charge in [0, 0.05) is 0 Å². The largest absolute Gasteiger partial charge is 0.274 e. The number of carbonyl (C=O) groups is 1. The Kier molecular flexibility index (Phi) is 3.04. The van der Waals surface area contributed by atoms with Crippen molar-refractivity contribution in [2.24, 2.45) is 0 Å². The maximum absolute atomic E-state index is 10.6. The fraction of sp³-hybridized carbons (Fsp3) is 0. The Labute approximate surface area is 85.2 Å². The summed E-state index contributed by atoms with van der Waals surface area (Å²) in [6.07, 6.45) is 0. The molecule has 1 aromatic rings. The van der Waals surface area contributed by atoms with E-state index in [9.17, 15) is 4.79 Å².